The Kier molecular flexibility index (Phi) is 6.10. The van der Waals surface area contributed by atoms with Crippen LogP contribution < -0.4 is 11.1 Å². The van der Waals surface area contributed by atoms with Crippen molar-refractivity contribution >= 4 is 28.3 Å². The molecular weight excluding hydrogens is 435 g/mol. The molecule has 0 spiro atoms. The smallest absolute Gasteiger partial charge is 0.230 e. The lowest BCUT2D eigenvalue weighted by atomic mass is 9.94. The molecule has 3 aliphatic rings. The molecule has 0 saturated carbocycles. The van der Waals surface area contributed by atoms with Crippen LogP contribution in [-0.4, -0.2) is 45.4 Å². The van der Waals surface area contributed by atoms with Crippen molar-refractivity contribution < 1.29 is 13.9 Å². The number of nitrogens with two attached hydrogens (primary N) is 1. The molecule has 8 nitrogen and oxygen atoms in total. The predicted octanol–water partition coefficient (Wildman–Crippen LogP) is 3.57. The minimum atomic E-state index is -0.687. The predicted molar refractivity (Wildman–Crippen MR) is 128 cm³/mol. The first-order valence-electron chi connectivity index (χ1n) is 11.5. The summed E-state index contributed by atoms with van der Waals surface area (Å²) in [7, 11) is 1.51. The molecule has 9 heteroatoms. The highest BCUT2D eigenvalue weighted by Gasteiger charge is 2.28. The van der Waals surface area contributed by atoms with Crippen LogP contribution in [0.25, 0.3) is 16.6 Å². The van der Waals surface area contributed by atoms with Crippen LogP contribution in [0.2, 0.25) is 0 Å². The summed E-state index contributed by atoms with van der Waals surface area (Å²) in [5, 5.41) is 8.59. The average molecular weight is 463 g/mol. The van der Waals surface area contributed by atoms with Gasteiger partial charge in [0.1, 0.15) is 23.7 Å². The molecule has 3 aliphatic carbocycles. The van der Waals surface area contributed by atoms with Gasteiger partial charge in [-0.2, -0.15) is 5.10 Å². The number of nitrogens with zero attached hydrogens (tertiary/aromatic N) is 4. The van der Waals surface area contributed by atoms with E-state index < -0.39 is 17.8 Å². The summed E-state index contributed by atoms with van der Waals surface area (Å²) in [6.45, 7) is 0.391. The number of ether oxygens (including phenoxy) is 1. The number of hydrogen-bond acceptors (Lipinski definition) is 6. The summed E-state index contributed by atoms with van der Waals surface area (Å²) in [4.78, 5) is 21.3. The van der Waals surface area contributed by atoms with E-state index >= 15 is 0 Å². The topological polar surface area (TPSA) is 108 Å². The average Bonchev–Trinajstić information content (AvgIpc) is 3.52. The first kappa shape index (κ1) is 22.2. The van der Waals surface area contributed by atoms with Gasteiger partial charge in [-0.3, -0.25) is 4.79 Å². The molecule has 0 aromatic carbocycles. The van der Waals surface area contributed by atoms with Crippen LogP contribution in [0, 0.1) is 5.92 Å². The largest absolute Gasteiger partial charge is 0.383 e. The minimum absolute atomic E-state index is 0.167. The summed E-state index contributed by atoms with van der Waals surface area (Å²) < 4.78 is 20.9. The van der Waals surface area contributed by atoms with Gasteiger partial charge in [-0.15, -0.1) is 0 Å². The van der Waals surface area contributed by atoms with Gasteiger partial charge in [-0.1, -0.05) is 36.0 Å². The zero-order valence-electron chi connectivity index (χ0n) is 18.9. The summed E-state index contributed by atoms with van der Waals surface area (Å²) >= 11 is 0. The zero-order valence-corrected chi connectivity index (χ0v) is 18.9. The summed E-state index contributed by atoms with van der Waals surface area (Å²) in [6.07, 6.45) is 17.1. The van der Waals surface area contributed by atoms with Crippen molar-refractivity contribution in [3.8, 4) is 0 Å². The van der Waals surface area contributed by atoms with Gasteiger partial charge in [0.25, 0.3) is 0 Å². The minimum Gasteiger partial charge on any atom is -0.383 e. The Hall–Kier alpha value is -3.59. The van der Waals surface area contributed by atoms with Crippen LogP contribution >= 0.6 is 0 Å². The summed E-state index contributed by atoms with van der Waals surface area (Å²) in [6, 6.07) is 0.167. The maximum Gasteiger partial charge on any atom is 0.230 e. The van der Waals surface area contributed by atoms with E-state index in [1.165, 1.54) is 25.6 Å². The van der Waals surface area contributed by atoms with Crippen molar-refractivity contribution in [2.75, 3.05) is 19.4 Å². The number of halogens is 1. The molecule has 1 amide bonds. The Balaban J connectivity index is 1.34. The van der Waals surface area contributed by atoms with Crippen molar-refractivity contribution in [1.29, 1.82) is 0 Å². The molecule has 0 aliphatic heterocycles. The summed E-state index contributed by atoms with van der Waals surface area (Å²) in [5.41, 5.74) is 9.92. The van der Waals surface area contributed by atoms with E-state index in [2.05, 4.69) is 27.4 Å². The summed E-state index contributed by atoms with van der Waals surface area (Å²) in [5.74, 6) is -0.957. The number of anilines is 1. The van der Waals surface area contributed by atoms with Crippen molar-refractivity contribution in [1.82, 2.24) is 25.1 Å². The SMILES string of the molecule is COC1C=CC(F)=CC1C(=O)NCC1=CC=C(c2nn(C3C=CCC3)c3ncnc(N)c23)CC1. The van der Waals surface area contributed by atoms with Gasteiger partial charge in [0.05, 0.1) is 23.4 Å². The number of nitrogen functional groups attached to an aromatic ring is 1. The Morgan fingerprint density at radius 2 is 2.18 bits per heavy atom. The molecule has 2 heterocycles. The molecule has 5 rings (SSSR count). The highest BCUT2D eigenvalue weighted by atomic mass is 19.1. The number of carbonyl (C=O) groups is 1. The Bertz CT molecular complexity index is 1270. The molecule has 3 unspecified atom stereocenters. The van der Waals surface area contributed by atoms with Crippen LogP contribution in [0.5, 0.6) is 0 Å². The number of hydrogen-bond donors (Lipinski definition) is 2. The van der Waals surface area contributed by atoms with Gasteiger partial charge in [-0.05, 0) is 43.4 Å². The normalized spacial score (nSPS) is 24.2. The van der Waals surface area contributed by atoms with Crippen molar-refractivity contribution in [2.45, 2.75) is 37.8 Å². The number of carbonyl (C=O) groups excluding carboxylic acids is 1. The number of aromatic nitrogens is 4. The highest BCUT2D eigenvalue weighted by molar-refractivity contribution is 5.96. The fourth-order valence-corrected chi connectivity index (χ4v) is 4.69. The molecule has 0 fully saturated rings. The van der Waals surface area contributed by atoms with Gasteiger partial charge in [0.2, 0.25) is 5.91 Å². The fourth-order valence-electron chi connectivity index (χ4n) is 4.69. The standard InChI is InChI=1S/C25H27FN6O2/c1-34-20-11-10-17(26)12-19(20)25(33)28-13-15-6-8-16(9-7-15)22-21-23(27)29-14-30-24(21)32(31-22)18-4-2-3-5-18/h2,4,6,8,10-12,14,18-20H,3,5,7,9,13H2,1H3,(H,28,33)(H2,27,29,30). The molecule has 2 aromatic rings. The van der Waals surface area contributed by atoms with Crippen molar-refractivity contribution in [3.05, 3.63) is 66.0 Å². The molecular formula is C25H27FN6O2. The van der Waals surface area contributed by atoms with E-state index in [1.807, 2.05) is 16.8 Å². The molecule has 176 valence electrons. The third kappa shape index (κ3) is 4.19. The number of fused-ring (bicyclic) bond motifs is 1. The van der Waals surface area contributed by atoms with Crippen molar-refractivity contribution in [3.63, 3.8) is 0 Å². The second-order valence-corrected chi connectivity index (χ2v) is 8.69. The Morgan fingerprint density at radius 3 is 2.91 bits per heavy atom. The van der Waals surface area contributed by atoms with Crippen LogP contribution in [0.1, 0.15) is 37.4 Å². The lowest BCUT2D eigenvalue weighted by molar-refractivity contribution is -0.126. The second kappa shape index (κ2) is 9.34. The fraction of sp³-hybridized carbons (Fsp3) is 0.360. The van der Waals surface area contributed by atoms with Crippen LogP contribution in [0.3, 0.4) is 0 Å². The molecule has 2 aromatic heterocycles. The van der Waals surface area contributed by atoms with E-state index in [-0.39, 0.29) is 11.9 Å². The first-order chi connectivity index (χ1) is 16.5. The molecule has 3 N–H and O–H groups in total. The maximum atomic E-state index is 13.6. The third-order valence-electron chi connectivity index (χ3n) is 6.56. The van der Waals surface area contributed by atoms with E-state index in [4.69, 9.17) is 15.6 Å². The van der Waals surface area contributed by atoms with Gasteiger partial charge in [-0.25, -0.2) is 19.0 Å². The third-order valence-corrected chi connectivity index (χ3v) is 6.56. The van der Waals surface area contributed by atoms with E-state index in [1.54, 1.807) is 6.08 Å². The van der Waals surface area contributed by atoms with Crippen LogP contribution in [0.4, 0.5) is 10.2 Å². The zero-order chi connectivity index (χ0) is 23.7. The van der Waals surface area contributed by atoms with Crippen molar-refractivity contribution in [2.24, 2.45) is 5.92 Å². The Labute approximate surface area is 196 Å². The van der Waals surface area contributed by atoms with Crippen LogP contribution in [0.15, 0.2) is 60.3 Å². The molecule has 3 atom stereocenters. The number of allylic oxidation sites excluding steroid dienone is 7. The number of amides is 1. The highest BCUT2D eigenvalue weighted by Crippen LogP contribution is 2.35. The number of methoxy groups -OCH3 is 1. The van der Waals surface area contributed by atoms with Gasteiger partial charge < -0.3 is 15.8 Å². The molecule has 34 heavy (non-hydrogen) atoms. The van der Waals surface area contributed by atoms with Gasteiger partial charge in [0.15, 0.2) is 5.65 Å². The number of nitrogens with one attached hydrogen (secondary N) is 1. The second-order valence-electron chi connectivity index (χ2n) is 8.69. The molecule has 0 bridgehead atoms. The lowest BCUT2D eigenvalue weighted by Crippen LogP contribution is -2.38. The molecule has 0 saturated heterocycles. The quantitative estimate of drug-likeness (QED) is 0.636. The monoisotopic (exact) mass is 462 g/mol. The van der Waals surface area contributed by atoms with Gasteiger partial charge in [0, 0.05) is 13.7 Å². The molecule has 0 radical (unpaired) electrons. The number of rotatable bonds is 6. The van der Waals surface area contributed by atoms with E-state index in [0.29, 0.717) is 12.4 Å². The van der Waals surface area contributed by atoms with Crippen LogP contribution in [-0.2, 0) is 9.53 Å². The first-order valence-corrected chi connectivity index (χ1v) is 11.5. The van der Waals surface area contributed by atoms with E-state index in [9.17, 15) is 9.18 Å². The Morgan fingerprint density at radius 1 is 1.29 bits per heavy atom. The van der Waals surface area contributed by atoms with Gasteiger partial charge >= 0.3 is 0 Å². The lowest BCUT2D eigenvalue weighted by Gasteiger charge is -2.23. The van der Waals surface area contributed by atoms with E-state index in [0.717, 1.165) is 53.6 Å². The maximum absolute atomic E-state index is 13.6.